The number of nitrogens with zero attached hydrogens (tertiary/aromatic N) is 2. The molecule has 1 aliphatic heterocycles. The van der Waals surface area contributed by atoms with Gasteiger partial charge in [0.15, 0.2) is 0 Å². The lowest BCUT2D eigenvalue weighted by molar-refractivity contribution is -0.117. The molecule has 7 nitrogen and oxygen atoms in total. The third-order valence-corrected chi connectivity index (χ3v) is 7.04. The molecule has 8 heteroatoms. The minimum absolute atomic E-state index is 0.0802. The summed E-state index contributed by atoms with van der Waals surface area (Å²) < 4.78 is 10.5. The first-order valence-electron chi connectivity index (χ1n) is 10.8. The van der Waals surface area contributed by atoms with Crippen LogP contribution in [0.25, 0.3) is 0 Å². The lowest BCUT2D eigenvalue weighted by Crippen LogP contribution is -2.48. The molecule has 0 unspecified atom stereocenters. The number of carbonyl (C=O) groups excluding carboxylic acids is 2. The molecule has 1 aromatic heterocycles. The van der Waals surface area contributed by atoms with E-state index in [1.54, 1.807) is 14.0 Å². The van der Waals surface area contributed by atoms with E-state index in [1.807, 2.05) is 12.1 Å². The Labute approximate surface area is 186 Å². The third-order valence-electron chi connectivity index (χ3n) is 5.83. The number of nitrogens with one attached hydrogen (secondary N) is 1. The van der Waals surface area contributed by atoms with Gasteiger partial charge < -0.3 is 19.7 Å². The van der Waals surface area contributed by atoms with Gasteiger partial charge in [-0.2, -0.15) is 0 Å². The summed E-state index contributed by atoms with van der Waals surface area (Å²) in [5.41, 5.74) is 2.79. The molecule has 2 aliphatic rings. The van der Waals surface area contributed by atoms with Crippen molar-refractivity contribution in [2.24, 2.45) is 0 Å². The predicted octanol–water partition coefficient (Wildman–Crippen LogP) is 3.18. The van der Waals surface area contributed by atoms with Crippen LogP contribution in [-0.4, -0.2) is 63.2 Å². The largest absolute Gasteiger partial charge is 0.497 e. The molecular formula is C23H29N3O4S. The summed E-state index contributed by atoms with van der Waals surface area (Å²) in [6.07, 6.45) is 2.90. The first-order chi connectivity index (χ1) is 15.1. The highest BCUT2D eigenvalue weighted by Gasteiger charge is 2.29. The number of hydrogen-bond acceptors (Lipinski definition) is 7. The van der Waals surface area contributed by atoms with Gasteiger partial charge in [-0.05, 0) is 56.0 Å². The monoisotopic (exact) mass is 443 g/mol. The predicted molar refractivity (Wildman–Crippen MR) is 123 cm³/mol. The van der Waals surface area contributed by atoms with E-state index in [1.165, 1.54) is 16.2 Å². The number of anilines is 2. The zero-order chi connectivity index (χ0) is 21.8. The maximum absolute atomic E-state index is 12.7. The van der Waals surface area contributed by atoms with E-state index in [2.05, 4.69) is 27.2 Å². The topological polar surface area (TPSA) is 71.1 Å². The molecule has 166 valence electrons. The van der Waals surface area contributed by atoms with Crippen molar-refractivity contribution in [2.45, 2.75) is 26.2 Å². The van der Waals surface area contributed by atoms with Gasteiger partial charge in [-0.1, -0.05) is 0 Å². The number of methoxy groups -OCH3 is 1. The molecule has 0 saturated carbocycles. The fraction of sp³-hybridized carbons (Fsp3) is 0.478. The van der Waals surface area contributed by atoms with Crippen molar-refractivity contribution in [1.82, 2.24) is 4.90 Å². The number of carbonyl (C=O) groups is 2. The number of ether oxygens (including phenoxy) is 2. The van der Waals surface area contributed by atoms with Crippen molar-refractivity contribution in [3.63, 3.8) is 0 Å². The zero-order valence-corrected chi connectivity index (χ0v) is 18.9. The van der Waals surface area contributed by atoms with Crippen LogP contribution in [0.5, 0.6) is 5.75 Å². The lowest BCUT2D eigenvalue weighted by atomic mass is 10.1. The second-order valence-corrected chi connectivity index (χ2v) is 8.90. The van der Waals surface area contributed by atoms with E-state index < -0.39 is 0 Å². The van der Waals surface area contributed by atoms with E-state index in [-0.39, 0.29) is 11.9 Å². The molecule has 1 aliphatic carbocycles. The minimum atomic E-state index is -0.328. The molecule has 4 rings (SSSR count). The van der Waals surface area contributed by atoms with Crippen molar-refractivity contribution >= 4 is 33.9 Å². The van der Waals surface area contributed by atoms with Gasteiger partial charge in [-0.15, -0.1) is 11.3 Å². The van der Waals surface area contributed by atoms with Gasteiger partial charge in [0.25, 0.3) is 0 Å². The highest BCUT2D eigenvalue weighted by atomic mass is 32.1. The number of hydrogen-bond donors (Lipinski definition) is 1. The first kappa shape index (κ1) is 21.6. The van der Waals surface area contributed by atoms with Crippen LogP contribution in [0.2, 0.25) is 0 Å². The minimum Gasteiger partial charge on any atom is -0.497 e. The quantitative estimate of drug-likeness (QED) is 0.663. The highest BCUT2D eigenvalue weighted by molar-refractivity contribution is 7.17. The third kappa shape index (κ3) is 4.85. The Morgan fingerprint density at radius 3 is 2.52 bits per heavy atom. The van der Waals surface area contributed by atoms with E-state index in [9.17, 15) is 9.59 Å². The van der Waals surface area contributed by atoms with E-state index in [0.29, 0.717) is 23.7 Å². The standard InChI is InChI=1S/C23H29N3O4S/c1-3-30-23(28)21-18-5-4-6-19(18)31-22(21)24-20(27)15-25-11-13-26(14-12-25)16-7-9-17(29-2)10-8-16/h7-10H,3-6,11-15H2,1-2H3,(H,24,27). The summed E-state index contributed by atoms with van der Waals surface area (Å²) >= 11 is 1.52. The fourth-order valence-corrected chi connectivity index (χ4v) is 5.53. The molecule has 1 aromatic carbocycles. The Kier molecular flexibility index (Phi) is 6.77. The maximum atomic E-state index is 12.7. The molecule has 1 fully saturated rings. The summed E-state index contributed by atoms with van der Waals surface area (Å²) in [6, 6.07) is 8.06. The molecule has 1 amide bonds. The van der Waals surface area contributed by atoms with E-state index in [4.69, 9.17) is 9.47 Å². The molecule has 2 aromatic rings. The Bertz CT molecular complexity index is 933. The van der Waals surface area contributed by atoms with Gasteiger partial charge in [0.1, 0.15) is 10.8 Å². The van der Waals surface area contributed by atoms with Crippen molar-refractivity contribution in [1.29, 1.82) is 0 Å². The Hall–Kier alpha value is -2.58. The van der Waals surface area contributed by atoms with E-state index in [0.717, 1.165) is 62.4 Å². The van der Waals surface area contributed by atoms with Crippen molar-refractivity contribution in [3.8, 4) is 5.75 Å². The van der Waals surface area contributed by atoms with Crippen molar-refractivity contribution in [3.05, 3.63) is 40.3 Å². The van der Waals surface area contributed by atoms with Gasteiger partial charge in [-0.25, -0.2) is 4.79 Å². The van der Waals surface area contributed by atoms with Crippen LogP contribution in [0.3, 0.4) is 0 Å². The Morgan fingerprint density at radius 2 is 1.84 bits per heavy atom. The number of rotatable bonds is 7. The first-order valence-corrected chi connectivity index (χ1v) is 11.6. The number of amides is 1. The molecule has 1 N–H and O–H groups in total. The summed E-state index contributed by atoms with van der Waals surface area (Å²) in [5, 5.41) is 3.64. The fourth-order valence-electron chi connectivity index (χ4n) is 4.24. The summed E-state index contributed by atoms with van der Waals surface area (Å²) in [5.74, 6) is 0.439. The number of thiophene rings is 1. The van der Waals surface area contributed by atoms with Crippen LogP contribution in [-0.2, 0) is 22.4 Å². The number of fused-ring (bicyclic) bond motifs is 1. The van der Waals surface area contributed by atoms with Crippen LogP contribution in [0.1, 0.15) is 34.1 Å². The molecule has 0 atom stereocenters. The Balaban J connectivity index is 1.33. The van der Waals surface area contributed by atoms with E-state index >= 15 is 0 Å². The van der Waals surface area contributed by atoms with Gasteiger partial charge >= 0.3 is 5.97 Å². The molecule has 31 heavy (non-hydrogen) atoms. The van der Waals surface area contributed by atoms with Gasteiger partial charge in [0, 0.05) is 36.7 Å². The molecular weight excluding hydrogens is 414 g/mol. The molecule has 0 radical (unpaired) electrons. The van der Waals surface area contributed by atoms with Crippen LogP contribution in [0, 0.1) is 0 Å². The second-order valence-electron chi connectivity index (χ2n) is 7.79. The van der Waals surface area contributed by atoms with Crippen molar-refractivity contribution in [2.75, 3.05) is 56.7 Å². The average molecular weight is 444 g/mol. The van der Waals surface area contributed by atoms with Gasteiger partial charge in [0.2, 0.25) is 5.91 Å². The summed E-state index contributed by atoms with van der Waals surface area (Å²) in [7, 11) is 1.67. The van der Waals surface area contributed by atoms with Crippen LogP contribution in [0.4, 0.5) is 10.7 Å². The number of benzene rings is 1. The maximum Gasteiger partial charge on any atom is 0.341 e. The molecule has 0 bridgehead atoms. The smallest absolute Gasteiger partial charge is 0.341 e. The van der Waals surface area contributed by atoms with Gasteiger partial charge in [-0.3, -0.25) is 9.69 Å². The van der Waals surface area contributed by atoms with Gasteiger partial charge in [0.05, 0.1) is 25.8 Å². The summed E-state index contributed by atoms with van der Waals surface area (Å²) in [6.45, 7) is 5.79. The highest BCUT2D eigenvalue weighted by Crippen LogP contribution is 2.39. The normalized spacial score (nSPS) is 16.1. The molecule has 2 heterocycles. The number of piperazine rings is 1. The molecule has 0 spiro atoms. The lowest BCUT2D eigenvalue weighted by Gasteiger charge is -2.35. The van der Waals surface area contributed by atoms with Crippen LogP contribution in [0.15, 0.2) is 24.3 Å². The zero-order valence-electron chi connectivity index (χ0n) is 18.1. The molecule has 1 saturated heterocycles. The number of esters is 1. The van der Waals surface area contributed by atoms with Crippen LogP contribution < -0.4 is 15.0 Å². The van der Waals surface area contributed by atoms with Crippen molar-refractivity contribution < 1.29 is 19.1 Å². The summed E-state index contributed by atoms with van der Waals surface area (Å²) in [4.78, 5) is 30.9. The van der Waals surface area contributed by atoms with Crippen LogP contribution >= 0.6 is 11.3 Å². The average Bonchev–Trinajstić information content (AvgIpc) is 3.35. The second kappa shape index (κ2) is 9.70. The SMILES string of the molecule is CCOC(=O)c1c(NC(=O)CN2CCN(c3ccc(OC)cc3)CC2)sc2c1CCC2. The Morgan fingerprint density at radius 1 is 1.10 bits per heavy atom. The number of aryl methyl sites for hydroxylation is 1.